The van der Waals surface area contributed by atoms with Gasteiger partial charge in [-0.1, -0.05) is 12.1 Å². The summed E-state index contributed by atoms with van der Waals surface area (Å²) in [4.78, 5) is 2.47. The minimum absolute atomic E-state index is 0.398. The number of hydrogen-bond acceptors (Lipinski definition) is 3. The molecule has 2 rings (SSSR count). The predicted molar refractivity (Wildman–Crippen MR) is 80.8 cm³/mol. The molecule has 1 unspecified atom stereocenters. The van der Waals surface area contributed by atoms with Gasteiger partial charge in [0.2, 0.25) is 0 Å². The molecule has 0 aliphatic carbocycles. The lowest BCUT2D eigenvalue weighted by Crippen LogP contribution is -2.40. The van der Waals surface area contributed by atoms with Crippen molar-refractivity contribution in [2.75, 3.05) is 31.6 Å². The Bertz CT molecular complexity index is 404. The van der Waals surface area contributed by atoms with Gasteiger partial charge in [-0.25, -0.2) is 0 Å². The fourth-order valence-corrected chi connectivity index (χ4v) is 2.92. The van der Waals surface area contributed by atoms with Crippen LogP contribution in [-0.2, 0) is 11.3 Å². The Kier molecular flexibility index (Phi) is 5.23. The van der Waals surface area contributed by atoms with Crippen molar-refractivity contribution in [3.05, 3.63) is 29.3 Å². The van der Waals surface area contributed by atoms with Crippen molar-refractivity contribution in [2.45, 2.75) is 39.3 Å². The average molecular weight is 262 g/mol. The first-order chi connectivity index (χ1) is 9.24. The molecule has 0 saturated carbocycles. The van der Waals surface area contributed by atoms with Crippen LogP contribution >= 0.6 is 0 Å². The summed E-state index contributed by atoms with van der Waals surface area (Å²) >= 11 is 0. The van der Waals surface area contributed by atoms with Crippen molar-refractivity contribution in [1.82, 2.24) is 5.32 Å². The quantitative estimate of drug-likeness (QED) is 0.883. The molecular formula is C16H26N2O. The van der Waals surface area contributed by atoms with Crippen molar-refractivity contribution in [3.8, 4) is 0 Å². The van der Waals surface area contributed by atoms with Crippen LogP contribution in [0.2, 0.25) is 0 Å². The number of piperidine rings is 1. The smallest absolute Gasteiger partial charge is 0.0750 e. The Morgan fingerprint density at radius 1 is 1.42 bits per heavy atom. The topological polar surface area (TPSA) is 24.5 Å². The zero-order chi connectivity index (χ0) is 13.7. The number of nitrogens with one attached hydrogen (secondary N) is 1. The number of anilines is 1. The maximum absolute atomic E-state index is 5.79. The zero-order valence-electron chi connectivity index (χ0n) is 12.4. The average Bonchev–Trinajstić information content (AvgIpc) is 2.40. The molecule has 1 aliphatic rings. The molecular weight excluding hydrogens is 236 g/mol. The van der Waals surface area contributed by atoms with E-state index < -0.39 is 0 Å². The minimum Gasteiger partial charge on any atom is -0.377 e. The Balaban J connectivity index is 2.08. The van der Waals surface area contributed by atoms with Gasteiger partial charge in [0.15, 0.2) is 0 Å². The predicted octanol–water partition coefficient (Wildman–Crippen LogP) is 2.72. The van der Waals surface area contributed by atoms with E-state index in [2.05, 4.69) is 42.3 Å². The molecule has 3 nitrogen and oxygen atoms in total. The molecule has 1 heterocycles. The minimum atomic E-state index is 0.398. The van der Waals surface area contributed by atoms with Gasteiger partial charge in [-0.2, -0.15) is 0 Å². The largest absolute Gasteiger partial charge is 0.377 e. The summed E-state index contributed by atoms with van der Waals surface area (Å²) in [6.07, 6.45) is 2.82. The van der Waals surface area contributed by atoms with E-state index in [0.29, 0.717) is 6.10 Å². The summed E-state index contributed by atoms with van der Waals surface area (Å²) in [5.41, 5.74) is 4.08. The highest BCUT2D eigenvalue weighted by Crippen LogP contribution is 2.25. The lowest BCUT2D eigenvalue weighted by molar-refractivity contribution is 0.0526. The highest BCUT2D eigenvalue weighted by atomic mass is 16.5. The summed E-state index contributed by atoms with van der Waals surface area (Å²) in [5.74, 6) is 0. The second-order valence-corrected chi connectivity index (χ2v) is 5.32. The van der Waals surface area contributed by atoms with Crippen LogP contribution in [0.3, 0.4) is 0 Å². The summed E-state index contributed by atoms with van der Waals surface area (Å²) < 4.78 is 5.79. The third kappa shape index (κ3) is 3.71. The first kappa shape index (κ1) is 14.4. The van der Waals surface area contributed by atoms with Crippen LogP contribution < -0.4 is 10.2 Å². The molecule has 1 aromatic carbocycles. The third-order valence-corrected chi connectivity index (χ3v) is 3.76. The van der Waals surface area contributed by atoms with E-state index in [-0.39, 0.29) is 0 Å². The lowest BCUT2D eigenvalue weighted by Gasteiger charge is -2.35. The molecule has 1 N–H and O–H groups in total. The van der Waals surface area contributed by atoms with E-state index in [0.717, 1.165) is 26.2 Å². The van der Waals surface area contributed by atoms with Gasteiger partial charge in [0, 0.05) is 31.9 Å². The molecule has 106 valence electrons. The van der Waals surface area contributed by atoms with Gasteiger partial charge in [0.05, 0.1) is 6.10 Å². The summed E-state index contributed by atoms with van der Waals surface area (Å²) in [6, 6.07) is 6.77. The van der Waals surface area contributed by atoms with E-state index in [9.17, 15) is 0 Å². The second kappa shape index (κ2) is 6.92. The first-order valence-corrected chi connectivity index (χ1v) is 7.35. The Morgan fingerprint density at radius 3 is 2.95 bits per heavy atom. The SMILES string of the molecule is CCOC1CCCN(c2ccc(CNC)cc2C)C1. The normalized spacial score (nSPS) is 19.7. The fraction of sp³-hybridized carbons (Fsp3) is 0.625. The number of nitrogens with zero attached hydrogens (tertiary/aromatic N) is 1. The fourth-order valence-electron chi connectivity index (χ4n) is 2.92. The third-order valence-electron chi connectivity index (χ3n) is 3.76. The highest BCUT2D eigenvalue weighted by molar-refractivity contribution is 5.54. The molecule has 1 saturated heterocycles. The first-order valence-electron chi connectivity index (χ1n) is 7.35. The van der Waals surface area contributed by atoms with E-state index in [1.165, 1.54) is 29.7 Å². The summed E-state index contributed by atoms with van der Waals surface area (Å²) in [5, 5.41) is 3.20. The van der Waals surface area contributed by atoms with Crippen LogP contribution in [0.4, 0.5) is 5.69 Å². The van der Waals surface area contributed by atoms with E-state index >= 15 is 0 Å². The van der Waals surface area contributed by atoms with Crippen LogP contribution in [-0.4, -0.2) is 32.8 Å². The van der Waals surface area contributed by atoms with E-state index in [1.807, 2.05) is 7.05 Å². The molecule has 1 fully saturated rings. The van der Waals surface area contributed by atoms with Gasteiger partial charge in [-0.05, 0) is 50.9 Å². The standard InChI is InChI=1S/C16H26N2O/c1-4-19-15-6-5-9-18(12-15)16-8-7-14(11-17-3)10-13(16)2/h7-8,10,15,17H,4-6,9,11-12H2,1-3H3. The maximum atomic E-state index is 5.79. The van der Waals surface area contributed by atoms with Gasteiger partial charge in [0.25, 0.3) is 0 Å². The van der Waals surface area contributed by atoms with Crippen molar-refractivity contribution in [1.29, 1.82) is 0 Å². The van der Waals surface area contributed by atoms with Crippen LogP contribution in [0, 0.1) is 6.92 Å². The van der Waals surface area contributed by atoms with Gasteiger partial charge in [-0.3, -0.25) is 0 Å². The number of ether oxygens (including phenoxy) is 1. The van der Waals surface area contributed by atoms with Crippen molar-refractivity contribution in [2.24, 2.45) is 0 Å². The van der Waals surface area contributed by atoms with Crippen LogP contribution in [0.5, 0.6) is 0 Å². The molecule has 3 heteroatoms. The molecule has 1 aromatic rings. The lowest BCUT2D eigenvalue weighted by atomic mass is 10.0. The van der Waals surface area contributed by atoms with Gasteiger partial charge >= 0.3 is 0 Å². The molecule has 1 atom stereocenters. The monoisotopic (exact) mass is 262 g/mol. The number of benzene rings is 1. The Morgan fingerprint density at radius 2 is 2.26 bits per heavy atom. The molecule has 0 spiro atoms. The summed E-state index contributed by atoms with van der Waals surface area (Å²) in [7, 11) is 1.99. The molecule has 0 radical (unpaired) electrons. The van der Waals surface area contributed by atoms with E-state index in [1.54, 1.807) is 0 Å². The summed E-state index contributed by atoms with van der Waals surface area (Å²) in [6.45, 7) is 8.21. The van der Waals surface area contributed by atoms with Gasteiger partial charge < -0.3 is 15.0 Å². The van der Waals surface area contributed by atoms with Crippen molar-refractivity contribution in [3.63, 3.8) is 0 Å². The van der Waals surface area contributed by atoms with E-state index in [4.69, 9.17) is 4.74 Å². The highest BCUT2D eigenvalue weighted by Gasteiger charge is 2.21. The Labute approximate surface area is 116 Å². The molecule has 0 bridgehead atoms. The molecule has 0 amide bonds. The van der Waals surface area contributed by atoms with Crippen LogP contribution in [0.15, 0.2) is 18.2 Å². The van der Waals surface area contributed by atoms with Crippen molar-refractivity contribution >= 4 is 5.69 Å². The maximum Gasteiger partial charge on any atom is 0.0750 e. The van der Waals surface area contributed by atoms with Gasteiger partial charge in [-0.15, -0.1) is 0 Å². The Hall–Kier alpha value is -1.06. The van der Waals surface area contributed by atoms with Gasteiger partial charge in [0.1, 0.15) is 0 Å². The number of hydrogen-bond donors (Lipinski definition) is 1. The number of rotatable bonds is 5. The second-order valence-electron chi connectivity index (χ2n) is 5.32. The molecule has 0 aromatic heterocycles. The number of aryl methyl sites for hydroxylation is 1. The zero-order valence-corrected chi connectivity index (χ0v) is 12.4. The molecule has 1 aliphatic heterocycles. The molecule has 19 heavy (non-hydrogen) atoms. The van der Waals surface area contributed by atoms with Crippen molar-refractivity contribution < 1.29 is 4.74 Å². The van der Waals surface area contributed by atoms with Crippen LogP contribution in [0.25, 0.3) is 0 Å². The van der Waals surface area contributed by atoms with Crippen LogP contribution in [0.1, 0.15) is 30.9 Å².